The molecule has 26 heavy (non-hydrogen) atoms. The van der Waals surface area contributed by atoms with Crippen LogP contribution in [0.2, 0.25) is 0 Å². The average Bonchev–Trinajstić information content (AvgIpc) is 2.84. The molecule has 0 aliphatic carbocycles. The Morgan fingerprint density at radius 3 is 2.38 bits per heavy atom. The van der Waals surface area contributed by atoms with Crippen molar-refractivity contribution in [1.82, 2.24) is 15.4 Å². The highest BCUT2D eigenvalue weighted by atomic mass is 32.2. The predicted octanol–water partition coefficient (Wildman–Crippen LogP) is -0.232. The van der Waals surface area contributed by atoms with E-state index in [1.54, 1.807) is 12.1 Å². The van der Waals surface area contributed by atoms with Crippen molar-refractivity contribution in [2.75, 3.05) is 24.6 Å². The molecule has 0 bridgehead atoms. The zero-order valence-electron chi connectivity index (χ0n) is 14.9. The van der Waals surface area contributed by atoms with Crippen molar-refractivity contribution in [3.8, 4) is 0 Å². The number of amides is 1. The van der Waals surface area contributed by atoms with E-state index >= 15 is 0 Å². The van der Waals surface area contributed by atoms with Crippen LogP contribution in [0, 0.1) is 0 Å². The van der Waals surface area contributed by atoms with E-state index in [2.05, 4.69) is 15.4 Å². The highest BCUT2D eigenvalue weighted by molar-refractivity contribution is 7.91. The molecular weight excluding hydrogens is 378 g/mol. The smallest absolute Gasteiger partial charge is 0.240 e. The lowest BCUT2D eigenvalue weighted by molar-refractivity contribution is -0.119. The molecule has 8 nitrogen and oxygen atoms in total. The molecule has 0 radical (unpaired) electrons. The highest BCUT2D eigenvalue weighted by Gasteiger charge is 2.37. The number of sulfone groups is 1. The van der Waals surface area contributed by atoms with Crippen LogP contribution in [0.3, 0.4) is 0 Å². The Kier molecular flexibility index (Phi) is 6.43. The minimum atomic E-state index is -3.64. The van der Waals surface area contributed by atoms with Crippen LogP contribution in [-0.4, -0.2) is 52.9 Å². The fraction of sp³-hybridized carbons (Fsp3) is 0.562. The van der Waals surface area contributed by atoms with Gasteiger partial charge in [-0.1, -0.05) is 12.1 Å². The van der Waals surface area contributed by atoms with Crippen LogP contribution >= 0.6 is 0 Å². The van der Waals surface area contributed by atoms with Crippen molar-refractivity contribution in [3.63, 3.8) is 0 Å². The third kappa shape index (κ3) is 6.04. The number of carbonyl (C=O) groups is 1. The van der Waals surface area contributed by atoms with Crippen molar-refractivity contribution < 1.29 is 21.6 Å². The third-order valence-corrected chi connectivity index (χ3v) is 7.63. The van der Waals surface area contributed by atoms with E-state index < -0.39 is 25.4 Å². The Balaban J connectivity index is 1.84. The first-order chi connectivity index (χ1) is 12.0. The maximum atomic E-state index is 12.3. The first kappa shape index (κ1) is 20.8. The molecule has 1 aromatic rings. The van der Waals surface area contributed by atoms with Crippen LogP contribution in [0.15, 0.2) is 29.2 Å². The maximum Gasteiger partial charge on any atom is 0.240 e. The summed E-state index contributed by atoms with van der Waals surface area (Å²) in [5.41, 5.74) is 0.298. The molecule has 1 aliphatic rings. The maximum absolute atomic E-state index is 12.3. The molecule has 0 aromatic heterocycles. The molecule has 1 atom stereocenters. The topological polar surface area (TPSA) is 121 Å². The van der Waals surface area contributed by atoms with Gasteiger partial charge < -0.3 is 10.6 Å². The number of carbonyl (C=O) groups excluding carboxylic acids is 1. The molecule has 0 unspecified atom stereocenters. The summed E-state index contributed by atoms with van der Waals surface area (Å²) in [6.07, 6.45) is 0.526. The number of nitrogens with one attached hydrogen (secondary N) is 3. The van der Waals surface area contributed by atoms with Gasteiger partial charge in [-0.15, -0.1) is 0 Å². The summed E-state index contributed by atoms with van der Waals surface area (Å²) < 4.78 is 50.2. The Morgan fingerprint density at radius 1 is 1.19 bits per heavy atom. The fourth-order valence-corrected chi connectivity index (χ4v) is 5.95. The summed E-state index contributed by atoms with van der Waals surface area (Å²) >= 11 is 0. The lowest BCUT2D eigenvalue weighted by atomic mass is 10.0. The van der Waals surface area contributed by atoms with Crippen LogP contribution in [-0.2, 0) is 31.2 Å². The zero-order valence-corrected chi connectivity index (χ0v) is 16.5. The molecule has 1 saturated heterocycles. The number of hydrogen-bond donors (Lipinski definition) is 3. The van der Waals surface area contributed by atoms with E-state index in [0.717, 1.165) is 5.56 Å². The number of rotatable bonds is 8. The normalized spacial score (nSPS) is 22.2. The molecule has 1 heterocycles. The first-order valence-corrected chi connectivity index (χ1v) is 11.6. The van der Waals surface area contributed by atoms with Crippen LogP contribution in [0.4, 0.5) is 0 Å². The number of benzene rings is 1. The molecule has 1 amide bonds. The van der Waals surface area contributed by atoms with Crippen molar-refractivity contribution >= 4 is 25.8 Å². The van der Waals surface area contributed by atoms with Crippen LogP contribution in [0.5, 0.6) is 0 Å². The van der Waals surface area contributed by atoms with Crippen molar-refractivity contribution in [2.45, 2.75) is 37.2 Å². The summed E-state index contributed by atoms with van der Waals surface area (Å²) in [5.74, 6) is 0.0786. The van der Waals surface area contributed by atoms with Gasteiger partial charge in [0.25, 0.3) is 0 Å². The Morgan fingerprint density at radius 2 is 1.85 bits per heavy atom. The quantitative estimate of drug-likeness (QED) is 0.516. The number of sulfonamides is 1. The van der Waals surface area contributed by atoms with Gasteiger partial charge in [0, 0.05) is 32.1 Å². The highest BCUT2D eigenvalue weighted by Crippen LogP contribution is 2.22. The summed E-state index contributed by atoms with van der Waals surface area (Å²) in [6, 6.07) is 6.26. The molecule has 10 heteroatoms. The second kappa shape index (κ2) is 8.03. The van der Waals surface area contributed by atoms with Gasteiger partial charge in [-0.25, -0.2) is 21.6 Å². The van der Waals surface area contributed by atoms with E-state index in [1.807, 2.05) is 6.92 Å². The third-order valence-electron chi connectivity index (χ3n) is 4.25. The van der Waals surface area contributed by atoms with E-state index in [4.69, 9.17) is 0 Å². The van der Waals surface area contributed by atoms with Crippen molar-refractivity contribution in [2.24, 2.45) is 0 Å². The molecule has 1 aliphatic heterocycles. The zero-order chi connectivity index (χ0) is 19.4. The largest absolute Gasteiger partial charge is 0.352 e. The summed E-state index contributed by atoms with van der Waals surface area (Å²) in [4.78, 5) is 11.0. The van der Waals surface area contributed by atoms with Crippen molar-refractivity contribution in [3.05, 3.63) is 29.8 Å². The molecule has 146 valence electrons. The molecule has 3 N–H and O–H groups in total. The average molecular weight is 404 g/mol. The SMILES string of the molecule is CC(=O)NCc1ccc(S(=O)(=O)NCCN[C@]2(C)CCS(=O)(=O)C2)cc1. The van der Waals surface area contributed by atoms with E-state index in [1.165, 1.54) is 19.1 Å². The molecule has 0 spiro atoms. The second-order valence-corrected chi connectivity index (χ2v) is 10.7. The molecule has 2 rings (SSSR count). The molecule has 0 saturated carbocycles. The summed E-state index contributed by atoms with van der Waals surface area (Å²) in [6.45, 7) is 4.09. The van der Waals surface area contributed by atoms with Crippen LogP contribution in [0.25, 0.3) is 0 Å². The first-order valence-electron chi connectivity index (χ1n) is 8.30. The second-order valence-electron chi connectivity index (χ2n) is 6.78. The molecule has 1 fully saturated rings. The van der Waals surface area contributed by atoms with E-state index in [-0.39, 0.29) is 28.9 Å². The van der Waals surface area contributed by atoms with Gasteiger partial charge in [-0.05, 0) is 31.0 Å². The Hall–Kier alpha value is -1.49. The predicted molar refractivity (Wildman–Crippen MR) is 98.8 cm³/mol. The summed E-state index contributed by atoms with van der Waals surface area (Å²) in [5, 5.41) is 5.77. The van der Waals surface area contributed by atoms with Gasteiger partial charge in [-0.2, -0.15) is 0 Å². The van der Waals surface area contributed by atoms with Gasteiger partial charge >= 0.3 is 0 Å². The van der Waals surface area contributed by atoms with E-state index in [9.17, 15) is 21.6 Å². The van der Waals surface area contributed by atoms with Gasteiger partial charge in [0.15, 0.2) is 9.84 Å². The lowest BCUT2D eigenvalue weighted by Gasteiger charge is -2.24. The monoisotopic (exact) mass is 403 g/mol. The standard InChI is InChI=1S/C16H25N3O5S2/c1-13(20)17-11-14-3-5-15(6-4-14)26(23,24)19-9-8-18-16(2)7-10-25(21,22)12-16/h3-6,18-19H,7-12H2,1-2H3,(H,17,20)/t16-/m1/s1. The van der Waals surface area contributed by atoms with Crippen LogP contribution < -0.4 is 15.4 Å². The summed E-state index contributed by atoms with van der Waals surface area (Å²) in [7, 11) is -6.65. The lowest BCUT2D eigenvalue weighted by Crippen LogP contribution is -2.46. The van der Waals surface area contributed by atoms with E-state index in [0.29, 0.717) is 19.5 Å². The van der Waals surface area contributed by atoms with Gasteiger partial charge in [0.1, 0.15) is 0 Å². The molecule has 1 aromatic carbocycles. The molecular formula is C16H25N3O5S2. The minimum Gasteiger partial charge on any atom is -0.352 e. The van der Waals surface area contributed by atoms with Gasteiger partial charge in [0.2, 0.25) is 15.9 Å². The van der Waals surface area contributed by atoms with Gasteiger partial charge in [0.05, 0.1) is 16.4 Å². The Bertz CT molecular complexity index is 850. The Labute approximate surface area is 154 Å². The van der Waals surface area contributed by atoms with Crippen molar-refractivity contribution in [1.29, 1.82) is 0 Å². The fourth-order valence-electron chi connectivity index (χ4n) is 2.80. The van der Waals surface area contributed by atoms with Gasteiger partial charge in [-0.3, -0.25) is 4.79 Å². The number of hydrogen-bond acceptors (Lipinski definition) is 6. The van der Waals surface area contributed by atoms with Crippen LogP contribution in [0.1, 0.15) is 25.8 Å². The minimum absolute atomic E-state index is 0.0719.